The van der Waals surface area contributed by atoms with Gasteiger partial charge in [0.1, 0.15) is 0 Å². The Labute approximate surface area is 106 Å². The quantitative estimate of drug-likeness (QED) is 0.728. The highest BCUT2D eigenvalue weighted by atomic mass is 16.5. The maximum absolute atomic E-state index is 10.3. The maximum atomic E-state index is 10.3. The van der Waals surface area contributed by atoms with Crippen molar-refractivity contribution in [3.63, 3.8) is 0 Å². The summed E-state index contributed by atoms with van der Waals surface area (Å²) in [6.07, 6.45) is 4.16. The van der Waals surface area contributed by atoms with E-state index in [1.165, 1.54) is 0 Å². The summed E-state index contributed by atoms with van der Waals surface area (Å²) in [5.41, 5.74) is -0.549. The van der Waals surface area contributed by atoms with Crippen molar-refractivity contribution in [2.24, 2.45) is 5.92 Å². The summed E-state index contributed by atoms with van der Waals surface area (Å²) in [6, 6.07) is 0. The molecule has 0 spiro atoms. The Morgan fingerprint density at radius 3 is 2.41 bits per heavy atom. The molecule has 0 atom stereocenters. The Bertz CT molecular complexity index is 215. The van der Waals surface area contributed by atoms with Gasteiger partial charge in [0.05, 0.1) is 17.8 Å². The largest absolute Gasteiger partial charge is 0.389 e. The smallest absolute Gasteiger partial charge is 0.0771 e. The molecule has 0 aromatic heterocycles. The van der Waals surface area contributed by atoms with Gasteiger partial charge >= 0.3 is 0 Å². The fraction of sp³-hybridized carbons (Fsp3) is 1.00. The van der Waals surface area contributed by atoms with Crippen molar-refractivity contribution >= 4 is 0 Å². The lowest BCUT2D eigenvalue weighted by atomic mass is 9.79. The van der Waals surface area contributed by atoms with Crippen LogP contribution in [-0.2, 0) is 4.74 Å². The first-order valence-corrected chi connectivity index (χ1v) is 6.88. The number of rotatable bonds is 5. The van der Waals surface area contributed by atoms with Crippen LogP contribution in [0.1, 0.15) is 53.4 Å². The molecule has 1 aliphatic carbocycles. The highest BCUT2D eigenvalue weighted by Crippen LogP contribution is 2.31. The Hall–Kier alpha value is -0.120. The summed E-state index contributed by atoms with van der Waals surface area (Å²) in [7, 11) is 0. The third kappa shape index (κ3) is 6.39. The summed E-state index contributed by atoms with van der Waals surface area (Å²) in [5.74, 6) is 0.777. The number of nitrogens with one attached hydrogen (secondary N) is 1. The molecule has 3 heteroatoms. The lowest BCUT2D eigenvalue weighted by Gasteiger charge is -2.35. The monoisotopic (exact) mass is 243 g/mol. The van der Waals surface area contributed by atoms with Gasteiger partial charge in [0.25, 0.3) is 0 Å². The van der Waals surface area contributed by atoms with Crippen molar-refractivity contribution in [3.05, 3.63) is 0 Å². The zero-order chi connectivity index (χ0) is 12.9. The summed E-state index contributed by atoms with van der Waals surface area (Å²) >= 11 is 0. The second-order valence-corrected chi connectivity index (χ2v) is 6.54. The lowest BCUT2D eigenvalue weighted by Crippen LogP contribution is -2.44. The minimum absolute atomic E-state index is 0.0706. The Morgan fingerprint density at radius 2 is 1.88 bits per heavy atom. The van der Waals surface area contributed by atoms with Crippen molar-refractivity contribution in [2.75, 3.05) is 19.7 Å². The van der Waals surface area contributed by atoms with Crippen LogP contribution >= 0.6 is 0 Å². The van der Waals surface area contributed by atoms with Crippen LogP contribution in [0, 0.1) is 5.92 Å². The van der Waals surface area contributed by atoms with E-state index in [-0.39, 0.29) is 5.60 Å². The normalized spacial score (nSPS) is 30.5. The Kier molecular flexibility index (Phi) is 5.42. The number of hydrogen-bond donors (Lipinski definition) is 2. The highest BCUT2D eigenvalue weighted by molar-refractivity contribution is 4.86. The minimum atomic E-state index is -0.478. The molecule has 0 saturated heterocycles. The van der Waals surface area contributed by atoms with Gasteiger partial charge in [-0.1, -0.05) is 6.92 Å². The molecule has 0 aliphatic heterocycles. The first-order chi connectivity index (χ1) is 7.81. The third-order valence-electron chi connectivity index (χ3n) is 3.47. The maximum Gasteiger partial charge on any atom is 0.0771 e. The molecular formula is C14H29NO2. The van der Waals surface area contributed by atoms with Gasteiger partial charge < -0.3 is 15.2 Å². The molecule has 2 N–H and O–H groups in total. The predicted molar refractivity (Wildman–Crippen MR) is 71.2 cm³/mol. The first kappa shape index (κ1) is 14.9. The number of aliphatic hydroxyl groups is 1. The predicted octanol–water partition coefficient (Wildman–Crippen LogP) is 2.33. The molecule has 0 bridgehead atoms. The molecule has 1 fully saturated rings. The summed E-state index contributed by atoms with van der Waals surface area (Å²) < 4.78 is 5.62. The number of ether oxygens (including phenoxy) is 1. The molecule has 17 heavy (non-hydrogen) atoms. The van der Waals surface area contributed by atoms with Gasteiger partial charge in [0.15, 0.2) is 0 Å². The van der Waals surface area contributed by atoms with Gasteiger partial charge in [0, 0.05) is 13.1 Å². The van der Waals surface area contributed by atoms with E-state index in [1.54, 1.807) is 0 Å². The zero-order valence-corrected chi connectivity index (χ0v) is 11.9. The first-order valence-electron chi connectivity index (χ1n) is 6.88. The molecule has 1 rings (SSSR count). The fourth-order valence-corrected chi connectivity index (χ4v) is 2.23. The van der Waals surface area contributed by atoms with Crippen molar-refractivity contribution < 1.29 is 9.84 Å². The zero-order valence-electron chi connectivity index (χ0n) is 11.9. The summed E-state index contributed by atoms with van der Waals surface area (Å²) in [5, 5.41) is 13.7. The van der Waals surface area contributed by atoms with Gasteiger partial charge in [-0.3, -0.25) is 0 Å². The fourth-order valence-electron chi connectivity index (χ4n) is 2.23. The van der Waals surface area contributed by atoms with Crippen LogP contribution in [0.4, 0.5) is 0 Å². The molecule has 1 saturated carbocycles. The standard InChI is InChI=1S/C14H29NO2/c1-12-5-7-14(16,8-6-12)11-15-9-10-17-13(2,3)4/h12,15-16H,5-11H2,1-4H3. The van der Waals surface area contributed by atoms with Crippen LogP contribution in [0.15, 0.2) is 0 Å². The van der Waals surface area contributed by atoms with Gasteiger partial charge in [0.2, 0.25) is 0 Å². The third-order valence-corrected chi connectivity index (χ3v) is 3.47. The molecule has 3 nitrogen and oxygen atoms in total. The molecule has 1 aliphatic rings. The SMILES string of the molecule is CC1CCC(O)(CNCCOC(C)(C)C)CC1. The van der Waals surface area contributed by atoms with E-state index in [0.717, 1.165) is 38.1 Å². The Morgan fingerprint density at radius 1 is 1.29 bits per heavy atom. The molecule has 0 radical (unpaired) electrons. The molecular weight excluding hydrogens is 214 g/mol. The molecule has 0 aromatic carbocycles. The van der Waals surface area contributed by atoms with Gasteiger partial charge in [-0.25, -0.2) is 0 Å². The van der Waals surface area contributed by atoms with Crippen LogP contribution in [0.5, 0.6) is 0 Å². The van der Waals surface area contributed by atoms with E-state index in [2.05, 4.69) is 33.0 Å². The van der Waals surface area contributed by atoms with Gasteiger partial charge in [-0.05, 0) is 52.4 Å². The second kappa shape index (κ2) is 6.17. The van der Waals surface area contributed by atoms with Crippen LogP contribution in [0.3, 0.4) is 0 Å². The molecule has 0 amide bonds. The highest BCUT2D eigenvalue weighted by Gasteiger charge is 2.31. The average molecular weight is 243 g/mol. The molecule has 0 unspecified atom stereocenters. The number of hydrogen-bond acceptors (Lipinski definition) is 3. The van der Waals surface area contributed by atoms with E-state index < -0.39 is 5.60 Å². The van der Waals surface area contributed by atoms with Crippen molar-refractivity contribution in [1.82, 2.24) is 5.32 Å². The van der Waals surface area contributed by atoms with Crippen molar-refractivity contribution in [3.8, 4) is 0 Å². The van der Waals surface area contributed by atoms with Crippen molar-refractivity contribution in [2.45, 2.75) is 64.6 Å². The van der Waals surface area contributed by atoms with Crippen molar-refractivity contribution in [1.29, 1.82) is 0 Å². The Balaban J connectivity index is 2.10. The van der Waals surface area contributed by atoms with E-state index in [0.29, 0.717) is 13.2 Å². The lowest BCUT2D eigenvalue weighted by molar-refractivity contribution is -0.0174. The van der Waals surface area contributed by atoms with Crippen LogP contribution in [-0.4, -0.2) is 36.0 Å². The van der Waals surface area contributed by atoms with E-state index in [9.17, 15) is 5.11 Å². The summed E-state index contributed by atoms with van der Waals surface area (Å²) in [4.78, 5) is 0. The molecule has 102 valence electrons. The van der Waals surface area contributed by atoms with E-state index >= 15 is 0 Å². The van der Waals surface area contributed by atoms with E-state index in [4.69, 9.17) is 4.74 Å². The van der Waals surface area contributed by atoms with Crippen LogP contribution in [0.2, 0.25) is 0 Å². The van der Waals surface area contributed by atoms with E-state index in [1.807, 2.05) is 0 Å². The van der Waals surface area contributed by atoms with Crippen LogP contribution < -0.4 is 5.32 Å². The minimum Gasteiger partial charge on any atom is -0.389 e. The van der Waals surface area contributed by atoms with Gasteiger partial charge in [-0.2, -0.15) is 0 Å². The average Bonchev–Trinajstić information content (AvgIpc) is 2.21. The topological polar surface area (TPSA) is 41.5 Å². The summed E-state index contributed by atoms with van der Waals surface area (Å²) in [6.45, 7) is 10.7. The molecule has 0 aromatic rings. The van der Waals surface area contributed by atoms with Gasteiger partial charge in [-0.15, -0.1) is 0 Å². The second-order valence-electron chi connectivity index (χ2n) is 6.54. The van der Waals surface area contributed by atoms with Crippen LogP contribution in [0.25, 0.3) is 0 Å². The molecule has 0 heterocycles.